The van der Waals surface area contributed by atoms with Gasteiger partial charge in [-0.1, -0.05) is 23.2 Å². The van der Waals surface area contributed by atoms with Gasteiger partial charge in [-0.25, -0.2) is 0 Å². The lowest BCUT2D eigenvalue weighted by Gasteiger charge is -2.14. The maximum Gasteiger partial charge on any atom is 0.262 e. The van der Waals surface area contributed by atoms with Gasteiger partial charge in [-0.3, -0.25) is 4.79 Å². The molecule has 0 bridgehead atoms. The van der Waals surface area contributed by atoms with Crippen LogP contribution in [0.15, 0.2) is 34.8 Å². The van der Waals surface area contributed by atoms with Gasteiger partial charge in [0.15, 0.2) is 6.61 Å². The van der Waals surface area contributed by atoms with E-state index in [1.165, 1.54) is 14.2 Å². The van der Waals surface area contributed by atoms with Crippen molar-refractivity contribution in [1.82, 2.24) is 0 Å². The van der Waals surface area contributed by atoms with Gasteiger partial charge < -0.3 is 19.5 Å². The predicted octanol–water partition coefficient (Wildman–Crippen LogP) is 4.79. The number of halogens is 3. The highest BCUT2D eigenvalue weighted by atomic mass is 79.9. The highest BCUT2D eigenvalue weighted by Crippen LogP contribution is 2.36. The normalized spacial score (nSPS) is 10.2. The molecule has 2 aromatic carbocycles. The van der Waals surface area contributed by atoms with Crippen molar-refractivity contribution >= 4 is 50.7 Å². The van der Waals surface area contributed by atoms with Gasteiger partial charge in [0.05, 0.1) is 29.4 Å². The van der Waals surface area contributed by atoms with Gasteiger partial charge in [0, 0.05) is 17.2 Å². The van der Waals surface area contributed by atoms with Crippen molar-refractivity contribution in [2.45, 2.75) is 0 Å². The summed E-state index contributed by atoms with van der Waals surface area (Å²) in [6.07, 6.45) is 0. The Bertz CT molecular complexity index is 755. The number of carbonyl (C=O) groups excluding carboxylic acids is 1. The molecule has 1 N–H and O–H groups in total. The van der Waals surface area contributed by atoms with Gasteiger partial charge in [-0.2, -0.15) is 0 Å². The molecule has 0 spiro atoms. The Morgan fingerprint density at radius 1 is 1.08 bits per heavy atom. The third-order valence-electron chi connectivity index (χ3n) is 3.00. The molecule has 1 amide bonds. The molecule has 0 radical (unpaired) electrons. The molecule has 0 aliphatic carbocycles. The van der Waals surface area contributed by atoms with Crippen LogP contribution in [0.1, 0.15) is 0 Å². The van der Waals surface area contributed by atoms with Crippen LogP contribution >= 0.6 is 39.1 Å². The molecule has 0 aromatic heterocycles. The minimum Gasteiger partial charge on any atom is -0.495 e. The molecular formula is C16H14BrCl2NO4. The molecule has 128 valence electrons. The van der Waals surface area contributed by atoms with Crippen LogP contribution in [-0.2, 0) is 4.79 Å². The topological polar surface area (TPSA) is 56.8 Å². The van der Waals surface area contributed by atoms with E-state index in [9.17, 15) is 4.79 Å². The average Bonchev–Trinajstić information content (AvgIpc) is 2.55. The summed E-state index contributed by atoms with van der Waals surface area (Å²) >= 11 is 15.2. The SMILES string of the molecule is COc1cc(NC(=O)COc2ccc(Cl)cc2Cl)c(OC)cc1Br. The first-order valence-corrected chi connectivity index (χ1v) is 8.28. The van der Waals surface area contributed by atoms with Crippen LogP contribution in [-0.4, -0.2) is 26.7 Å². The van der Waals surface area contributed by atoms with Crippen molar-refractivity contribution in [1.29, 1.82) is 0 Å². The Kier molecular flexibility index (Phi) is 6.60. The number of carbonyl (C=O) groups is 1. The number of anilines is 1. The van der Waals surface area contributed by atoms with E-state index in [1.807, 2.05) is 0 Å². The van der Waals surface area contributed by atoms with Gasteiger partial charge >= 0.3 is 0 Å². The lowest BCUT2D eigenvalue weighted by atomic mass is 10.2. The van der Waals surface area contributed by atoms with Gasteiger partial charge in [0.25, 0.3) is 5.91 Å². The lowest BCUT2D eigenvalue weighted by molar-refractivity contribution is -0.118. The van der Waals surface area contributed by atoms with Crippen LogP contribution in [0, 0.1) is 0 Å². The fraction of sp³-hybridized carbons (Fsp3) is 0.188. The first-order chi connectivity index (χ1) is 11.4. The van der Waals surface area contributed by atoms with Gasteiger partial charge in [0.1, 0.15) is 17.2 Å². The molecule has 24 heavy (non-hydrogen) atoms. The monoisotopic (exact) mass is 433 g/mol. The standard InChI is InChI=1S/C16H14BrCl2NO4/c1-22-14-7-12(15(23-2)6-10(14)17)20-16(21)8-24-13-4-3-9(18)5-11(13)19/h3-7H,8H2,1-2H3,(H,20,21). The maximum atomic E-state index is 12.1. The fourth-order valence-electron chi connectivity index (χ4n) is 1.88. The number of rotatable bonds is 6. The van der Waals surface area contributed by atoms with Crippen molar-refractivity contribution in [3.8, 4) is 17.2 Å². The van der Waals surface area contributed by atoms with E-state index in [0.717, 1.165) is 0 Å². The summed E-state index contributed by atoms with van der Waals surface area (Å²) in [6, 6.07) is 8.12. The Morgan fingerprint density at radius 2 is 1.79 bits per heavy atom. The maximum absolute atomic E-state index is 12.1. The largest absolute Gasteiger partial charge is 0.495 e. The van der Waals surface area contributed by atoms with Crippen molar-refractivity contribution in [3.63, 3.8) is 0 Å². The Morgan fingerprint density at radius 3 is 2.42 bits per heavy atom. The molecule has 2 rings (SSSR count). The number of hydrogen-bond acceptors (Lipinski definition) is 4. The summed E-state index contributed by atoms with van der Waals surface area (Å²) in [5, 5.41) is 3.53. The summed E-state index contributed by atoms with van der Waals surface area (Å²) in [4.78, 5) is 12.1. The minimum absolute atomic E-state index is 0.219. The number of methoxy groups -OCH3 is 2. The van der Waals surface area contributed by atoms with E-state index < -0.39 is 0 Å². The van der Waals surface area contributed by atoms with E-state index in [2.05, 4.69) is 21.2 Å². The molecule has 0 saturated carbocycles. The third-order valence-corrected chi connectivity index (χ3v) is 4.15. The van der Waals surface area contributed by atoms with Crippen LogP contribution in [0.25, 0.3) is 0 Å². The van der Waals surface area contributed by atoms with E-state index in [0.29, 0.717) is 37.5 Å². The zero-order valence-corrected chi connectivity index (χ0v) is 16.0. The number of benzene rings is 2. The van der Waals surface area contributed by atoms with E-state index in [1.54, 1.807) is 30.3 Å². The molecule has 2 aromatic rings. The second-order valence-electron chi connectivity index (χ2n) is 4.60. The minimum atomic E-state index is -0.372. The summed E-state index contributed by atoms with van der Waals surface area (Å²) in [7, 11) is 3.04. The summed E-state index contributed by atoms with van der Waals surface area (Å²) in [5.74, 6) is 1.05. The predicted molar refractivity (Wildman–Crippen MR) is 97.8 cm³/mol. The molecule has 8 heteroatoms. The van der Waals surface area contributed by atoms with Crippen molar-refractivity contribution in [2.24, 2.45) is 0 Å². The van der Waals surface area contributed by atoms with Gasteiger partial charge in [-0.15, -0.1) is 0 Å². The van der Waals surface area contributed by atoms with Crippen LogP contribution < -0.4 is 19.5 Å². The van der Waals surface area contributed by atoms with Gasteiger partial charge in [-0.05, 0) is 34.1 Å². The molecule has 0 unspecified atom stereocenters. The lowest BCUT2D eigenvalue weighted by Crippen LogP contribution is -2.20. The molecule has 0 aliphatic rings. The van der Waals surface area contributed by atoms with Crippen LogP contribution in [0.3, 0.4) is 0 Å². The number of amides is 1. The second-order valence-corrected chi connectivity index (χ2v) is 6.30. The summed E-state index contributed by atoms with van der Waals surface area (Å²) in [5.41, 5.74) is 0.466. The molecule has 0 heterocycles. The molecule has 0 atom stereocenters. The van der Waals surface area contributed by atoms with Crippen LogP contribution in [0.5, 0.6) is 17.2 Å². The van der Waals surface area contributed by atoms with Crippen LogP contribution in [0.2, 0.25) is 10.0 Å². The average molecular weight is 435 g/mol. The molecular weight excluding hydrogens is 421 g/mol. The highest BCUT2D eigenvalue weighted by Gasteiger charge is 2.13. The Labute approximate surface area is 157 Å². The molecule has 0 fully saturated rings. The third kappa shape index (κ3) is 4.69. The number of nitrogens with one attached hydrogen (secondary N) is 1. The van der Waals surface area contributed by atoms with E-state index >= 15 is 0 Å². The first-order valence-electron chi connectivity index (χ1n) is 6.73. The van der Waals surface area contributed by atoms with E-state index in [-0.39, 0.29) is 12.5 Å². The molecule has 0 aliphatic heterocycles. The van der Waals surface area contributed by atoms with Crippen molar-refractivity contribution in [2.75, 3.05) is 26.1 Å². The molecule has 5 nitrogen and oxygen atoms in total. The zero-order valence-electron chi connectivity index (χ0n) is 12.9. The summed E-state index contributed by atoms with van der Waals surface area (Å²) in [6.45, 7) is -0.219. The van der Waals surface area contributed by atoms with Crippen LogP contribution in [0.4, 0.5) is 5.69 Å². The molecule has 0 saturated heterocycles. The first kappa shape index (κ1) is 18.7. The van der Waals surface area contributed by atoms with Crippen molar-refractivity contribution in [3.05, 3.63) is 44.8 Å². The Hall–Kier alpha value is -1.63. The highest BCUT2D eigenvalue weighted by molar-refractivity contribution is 9.10. The Balaban J connectivity index is 2.06. The van der Waals surface area contributed by atoms with E-state index in [4.69, 9.17) is 37.4 Å². The number of hydrogen-bond donors (Lipinski definition) is 1. The quantitative estimate of drug-likeness (QED) is 0.709. The fourth-order valence-corrected chi connectivity index (χ4v) is 2.83. The smallest absolute Gasteiger partial charge is 0.262 e. The van der Waals surface area contributed by atoms with Crippen molar-refractivity contribution < 1.29 is 19.0 Å². The second kappa shape index (κ2) is 8.46. The van der Waals surface area contributed by atoms with Gasteiger partial charge in [0.2, 0.25) is 0 Å². The summed E-state index contributed by atoms with van der Waals surface area (Å²) < 4.78 is 16.6. The number of ether oxygens (including phenoxy) is 3. The zero-order chi connectivity index (χ0) is 17.7.